The van der Waals surface area contributed by atoms with Crippen LogP contribution in [0.1, 0.15) is 79.7 Å². The molecule has 224 valence electrons. The third-order valence-corrected chi connectivity index (χ3v) is 18.9. The molecule has 2 heterocycles. The van der Waals surface area contributed by atoms with E-state index in [1.807, 2.05) is 6.07 Å². The molecule has 3 rings (SSSR count). The molecule has 2 fully saturated rings. The second kappa shape index (κ2) is 14.6. The van der Waals surface area contributed by atoms with Crippen molar-refractivity contribution in [1.29, 1.82) is 0 Å². The van der Waals surface area contributed by atoms with Crippen molar-refractivity contribution in [2.45, 2.75) is 148 Å². The minimum Gasteiger partial charge on any atom is -0.414 e. The van der Waals surface area contributed by atoms with Crippen molar-refractivity contribution < 1.29 is 23.1 Å². The first-order valence-electron chi connectivity index (χ1n) is 15.7. The lowest BCUT2D eigenvalue weighted by Gasteiger charge is -2.40. The van der Waals surface area contributed by atoms with Crippen LogP contribution in [0.4, 0.5) is 0 Å². The van der Waals surface area contributed by atoms with Crippen molar-refractivity contribution in [3.05, 3.63) is 35.9 Å². The summed E-state index contributed by atoms with van der Waals surface area (Å²) in [5, 5.41) is 0.162. The van der Waals surface area contributed by atoms with E-state index in [1.54, 1.807) is 0 Å². The molecule has 0 radical (unpaired) electrons. The van der Waals surface area contributed by atoms with Gasteiger partial charge in [-0.25, -0.2) is 0 Å². The molecule has 1 unspecified atom stereocenters. The van der Waals surface area contributed by atoms with Crippen LogP contribution in [0.15, 0.2) is 30.3 Å². The molecule has 1 aromatic rings. The van der Waals surface area contributed by atoms with E-state index in [0.717, 1.165) is 32.3 Å². The molecule has 0 bridgehead atoms. The second-order valence-corrected chi connectivity index (χ2v) is 23.1. The van der Waals surface area contributed by atoms with Gasteiger partial charge in [0.05, 0.1) is 44.2 Å². The van der Waals surface area contributed by atoms with Crippen LogP contribution in [0.5, 0.6) is 0 Å². The van der Waals surface area contributed by atoms with Crippen LogP contribution < -0.4 is 0 Å². The van der Waals surface area contributed by atoms with Crippen molar-refractivity contribution in [3.8, 4) is 0 Å². The quantitative estimate of drug-likeness (QED) is 0.137. The first kappa shape index (κ1) is 33.0. The Kier molecular flexibility index (Phi) is 12.3. The molecule has 0 spiro atoms. The standard InChI is InChI=1S/C32H58O5Si2/c1-10-39(11-2,12-3)37-29(19-18-27-24-34-27)25(4)20-30-31(36-38(8,9)32(5,6)7)21-28(35-30)23-33-22-26-16-14-13-15-17-26/h13-17,25,27-31H,10-12,18-24H2,1-9H3/t25-,27?,28+,29+,30-,31-/m1/s1. The van der Waals surface area contributed by atoms with Crippen LogP contribution in [0, 0.1) is 5.92 Å². The van der Waals surface area contributed by atoms with Crippen molar-refractivity contribution in [1.82, 2.24) is 0 Å². The van der Waals surface area contributed by atoms with E-state index >= 15 is 0 Å². The molecule has 0 aliphatic carbocycles. The molecule has 0 saturated carbocycles. The lowest BCUT2D eigenvalue weighted by molar-refractivity contribution is -0.0443. The zero-order valence-corrected chi connectivity index (χ0v) is 28.5. The molecule has 2 saturated heterocycles. The fraction of sp³-hybridized carbons (Fsp3) is 0.812. The Morgan fingerprint density at radius 1 is 1.00 bits per heavy atom. The van der Waals surface area contributed by atoms with Gasteiger partial charge in [-0.15, -0.1) is 0 Å². The summed E-state index contributed by atoms with van der Waals surface area (Å²) >= 11 is 0. The van der Waals surface area contributed by atoms with E-state index in [9.17, 15) is 0 Å². The van der Waals surface area contributed by atoms with Crippen molar-refractivity contribution >= 4 is 16.6 Å². The Morgan fingerprint density at radius 2 is 1.64 bits per heavy atom. The second-order valence-electron chi connectivity index (χ2n) is 13.6. The zero-order chi connectivity index (χ0) is 28.7. The number of hydrogen-bond donors (Lipinski definition) is 0. The molecule has 0 aromatic heterocycles. The summed E-state index contributed by atoms with van der Waals surface area (Å²) in [6.07, 6.45) is 4.98. The van der Waals surface area contributed by atoms with Crippen LogP contribution in [-0.4, -0.2) is 60.4 Å². The highest BCUT2D eigenvalue weighted by atomic mass is 28.4. The van der Waals surface area contributed by atoms with Crippen LogP contribution in [0.3, 0.4) is 0 Å². The van der Waals surface area contributed by atoms with E-state index < -0.39 is 16.6 Å². The monoisotopic (exact) mass is 578 g/mol. The summed E-state index contributed by atoms with van der Waals surface area (Å²) in [6, 6.07) is 13.9. The molecule has 6 atom stereocenters. The average Bonchev–Trinajstić information content (AvgIpc) is 3.66. The van der Waals surface area contributed by atoms with Gasteiger partial charge in [-0.05, 0) is 67.0 Å². The van der Waals surface area contributed by atoms with E-state index in [2.05, 4.69) is 85.8 Å². The van der Waals surface area contributed by atoms with Gasteiger partial charge in [-0.2, -0.15) is 0 Å². The summed E-state index contributed by atoms with van der Waals surface area (Å²) in [5.41, 5.74) is 1.20. The summed E-state index contributed by atoms with van der Waals surface area (Å²) in [4.78, 5) is 0. The molecule has 39 heavy (non-hydrogen) atoms. The molecule has 1 aromatic carbocycles. The summed E-state index contributed by atoms with van der Waals surface area (Å²) in [6.45, 7) is 23.2. The maximum Gasteiger partial charge on any atom is 0.192 e. The Morgan fingerprint density at radius 3 is 2.21 bits per heavy atom. The van der Waals surface area contributed by atoms with Gasteiger partial charge in [-0.3, -0.25) is 0 Å². The Hall–Kier alpha value is -0.546. The molecule has 5 nitrogen and oxygen atoms in total. The minimum atomic E-state index is -1.94. The molecular weight excluding hydrogens is 521 g/mol. The summed E-state index contributed by atoms with van der Waals surface area (Å²) in [5.74, 6) is 0.403. The summed E-state index contributed by atoms with van der Waals surface area (Å²) in [7, 11) is -3.66. The van der Waals surface area contributed by atoms with Crippen LogP contribution in [-0.2, 0) is 29.7 Å². The van der Waals surface area contributed by atoms with Crippen molar-refractivity contribution in [2.75, 3.05) is 13.2 Å². The third-order valence-electron chi connectivity index (χ3n) is 9.69. The highest BCUT2D eigenvalue weighted by molar-refractivity contribution is 6.74. The molecule has 7 heteroatoms. The van der Waals surface area contributed by atoms with Gasteiger partial charge in [0.2, 0.25) is 0 Å². The van der Waals surface area contributed by atoms with Gasteiger partial charge in [-0.1, -0.05) is 78.8 Å². The van der Waals surface area contributed by atoms with E-state index in [4.69, 9.17) is 23.1 Å². The Bertz CT molecular complexity index is 826. The van der Waals surface area contributed by atoms with Gasteiger partial charge in [0.25, 0.3) is 0 Å². The number of benzene rings is 1. The van der Waals surface area contributed by atoms with Gasteiger partial charge < -0.3 is 23.1 Å². The van der Waals surface area contributed by atoms with Gasteiger partial charge in [0, 0.05) is 12.5 Å². The van der Waals surface area contributed by atoms with E-state index in [-0.39, 0.29) is 29.5 Å². The Labute approximate surface area is 241 Å². The summed E-state index contributed by atoms with van der Waals surface area (Å²) < 4.78 is 32.6. The first-order chi connectivity index (χ1) is 18.4. The van der Waals surface area contributed by atoms with Crippen LogP contribution in [0.2, 0.25) is 36.3 Å². The normalized spacial score (nSPS) is 25.6. The number of ether oxygens (including phenoxy) is 3. The average molecular weight is 579 g/mol. The smallest absolute Gasteiger partial charge is 0.192 e. The highest BCUT2D eigenvalue weighted by Crippen LogP contribution is 2.41. The maximum atomic E-state index is 7.14. The predicted molar refractivity (Wildman–Crippen MR) is 166 cm³/mol. The molecule has 2 aliphatic heterocycles. The number of hydrogen-bond acceptors (Lipinski definition) is 5. The fourth-order valence-corrected chi connectivity index (χ4v) is 9.91. The number of epoxide rings is 1. The van der Waals surface area contributed by atoms with Crippen LogP contribution >= 0.6 is 0 Å². The lowest BCUT2D eigenvalue weighted by Crippen LogP contribution is -2.47. The maximum absolute atomic E-state index is 7.14. The molecule has 2 aliphatic rings. The molecular formula is C32H58O5Si2. The lowest BCUT2D eigenvalue weighted by atomic mass is 9.92. The molecule has 0 amide bonds. The van der Waals surface area contributed by atoms with Gasteiger partial charge in [0.1, 0.15) is 0 Å². The highest BCUT2D eigenvalue weighted by Gasteiger charge is 2.46. The zero-order valence-electron chi connectivity index (χ0n) is 26.5. The van der Waals surface area contributed by atoms with Gasteiger partial charge >= 0.3 is 0 Å². The molecule has 0 N–H and O–H groups in total. The topological polar surface area (TPSA) is 49.5 Å². The van der Waals surface area contributed by atoms with Crippen LogP contribution in [0.25, 0.3) is 0 Å². The first-order valence-corrected chi connectivity index (χ1v) is 21.1. The predicted octanol–water partition coefficient (Wildman–Crippen LogP) is 8.35. The Balaban J connectivity index is 1.70. The largest absolute Gasteiger partial charge is 0.414 e. The number of rotatable bonds is 17. The SMILES string of the molecule is CC[Si](CC)(CC)O[C@@H](CCC1CO1)[C@H](C)C[C@H]1O[C@H](COCc2ccccc2)C[C@H]1O[Si](C)(C)C(C)(C)C. The van der Waals surface area contributed by atoms with Crippen molar-refractivity contribution in [3.63, 3.8) is 0 Å². The van der Waals surface area contributed by atoms with E-state index in [0.29, 0.717) is 25.2 Å². The minimum absolute atomic E-state index is 0.0651. The fourth-order valence-electron chi connectivity index (χ4n) is 5.56. The van der Waals surface area contributed by atoms with Gasteiger partial charge in [0.15, 0.2) is 16.6 Å². The van der Waals surface area contributed by atoms with E-state index in [1.165, 1.54) is 23.7 Å². The third kappa shape index (κ3) is 9.76. The van der Waals surface area contributed by atoms with Crippen molar-refractivity contribution in [2.24, 2.45) is 5.92 Å².